The maximum atomic E-state index is 9.94. The smallest absolute Gasteiger partial charge is 0.177 e. The van der Waals surface area contributed by atoms with E-state index in [1.165, 1.54) is 0 Å². The summed E-state index contributed by atoms with van der Waals surface area (Å²) in [6.07, 6.45) is 0. The fourth-order valence-electron chi connectivity index (χ4n) is 7.47. The minimum absolute atomic E-state index is 0.0664. The van der Waals surface area contributed by atoms with Crippen molar-refractivity contribution >= 4 is 0 Å². The van der Waals surface area contributed by atoms with E-state index in [0.29, 0.717) is 83.4 Å². The highest BCUT2D eigenvalue weighted by Crippen LogP contribution is 2.34. The van der Waals surface area contributed by atoms with E-state index in [1.807, 2.05) is 218 Å². The van der Waals surface area contributed by atoms with Gasteiger partial charge in [0.15, 0.2) is 11.4 Å². The summed E-state index contributed by atoms with van der Waals surface area (Å²) >= 11 is 0. The van der Waals surface area contributed by atoms with Gasteiger partial charge in [-0.3, -0.25) is 0 Å². The van der Waals surface area contributed by atoms with Gasteiger partial charge in [0.25, 0.3) is 0 Å². The van der Waals surface area contributed by atoms with Crippen molar-refractivity contribution in [3.05, 3.63) is 251 Å². The maximum Gasteiger partial charge on any atom is 0.177 e. The topological polar surface area (TPSA) is 129 Å². The Balaban J connectivity index is 0.895. The van der Waals surface area contributed by atoms with Crippen LogP contribution in [0.1, 0.15) is 44.8 Å². The van der Waals surface area contributed by atoms with Gasteiger partial charge in [0.05, 0.1) is 11.4 Å². The normalized spacial score (nSPS) is 10.6. The van der Waals surface area contributed by atoms with Gasteiger partial charge in [0.1, 0.15) is 86.3 Å². The highest BCUT2D eigenvalue weighted by atomic mass is 16.5. The molecule has 0 N–H and O–H groups in total. The number of rotatable bonds is 20. The fraction of sp³-hybridized carbons (Fsp3) is 0.100. The van der Waals surface area contributed by atoms with E-state index < -0.39 is 0 Å². The lowest BCUT2D eigenvalue weighted by molar-refractivity contribution is 0.281. The molecule has 10 heteroatoms. The molecule has 0 aliphatic rings. The minimum Gasteiger partial charge on any atom is -0.489 e. The van der Waals surface area contributed by atoms with Gasteiger partial charge in [-0.15, -0.1) is 0 Å². The molecule has 9 rings (SSSR count). The van der Waals surface area contributed by atoms with Crippen LogP contribution in [-0.4, -0.2) is 9.97 Å². The van der Waals surface area contributed by atoms with Gasteiger partial charge in [-0.1, -0.05) is 121 Å². The fourth-order valence-corrected chi connectivity index (χ4v) is 7.47. The van der Waals surface area contributed by atoms with Crippen LogP contribution in [0.2, 0.25) is 0 Å². The molecule has 0 aliphatic heterocycles. The Bertz CT molecular complexity index is 2870. The zero-order valence-corrected chi connectivity index (χ0v) is 38.1. The van der Waals surface area contributed by atoms with E-state index >= 15 is 0 Å². The summed E-state index contributed by atoms with van der Waals surface area (Å²) in [6, 6.07) is 70.4. The average Bonchev–Trinajstić information content (AvgIpc) is 3.43. The van der Waals surface area contributed by atoms with Crippen molar-refractivity contribution in [2.45, 2.75) is 39.6 Å². The van der Waals surface area contributed by atoms with Crippen molar-refractivity contribution < 1.29 is 28.4 Å². The number of nitriles is 2. The molecule has 0 unspecified atom stereocenters. The molecule has 8 aromatic carbocycles. The van der Waals surface area contributed by atoms with Crippen molar-refractivity contribution in [2.75, 3.05) is 0 Å². The third-order valence-corrected chi connectivity index (χ3v) is 11.0. The molecule has 0 saturated heterocycles. The molecule has 0 aliphatic carbocycles. The highest BCUT2D eigenvalue weighted by molar-refractivity contribution is 5.79. The summed E-state index contributed by atoms with van der Waals surface area (Å²) in [6.45, 7) is 2.12. The van der Waals surface area contributed by atoms with Crippen LogP contribution in [0.4, 0.5) is 0 Å². The highest BCUT2D eigenvalue weighted by Gasteiger charge is 2.18. The number of aromatic nitrogens is 2. The second kappa shape index (κ2) is 22.9. The summed E-state index contributed by atoms with van der Waals surface area (Å²) in [7, 11) is 0. The molecule has 9 aromatic rings. The van der Waals surface area contributed by atoms with Crippen LogP contribution < -0.4 is 28.4 Å². The first-order valence-corrected chi connectivity index (χ1v) is 22.7. The Hall–Kier alpha value is -9.38. The van der Waals surface area contributed by atoms with Crippen molar-refractivity contribution in [2.24, 2.45) is 0 Å². The molecule has 0 amide bonds. The molecule has 1 heterocycles. The Morgan fingerprint density at radius 3 is 0.814 bits per heavy atom. The summed E-state index contributed by atoms with van der Waals surface area (Å²) < 4.78 is 37.4. The second-order valence-electron chi connectivity index (χ2n) is 16.2. The quantitative estimate of drug-likeness (QED) is 0.0728. The predicted octanol–water partition coefficient (Wildman–Crippen LogP) is 13.0. The molecule has 0 saturated carbocycles. The third kappa shape index (κ3) is 12.5. The van der Waals surface area contributed by atoms with Crippen LogP contribution in [0.3, 0.4) is 0 Å². The number of benzene rings is 8. The van der Waals surface area contributed by atoms with Gasteiger partial charge in [-0.2, -0.15) is 10.5 Å². The lowest BCUT2D eigenvalue weighted by Crippen LogP contribution is -2.02. The van der Waals surface area contributed by atoms with E-state index in [0.717, 1.165) is 33.4 Å². The van der Waals surface area contributed by atoms with Gasteiger partial charge in [0, 0.05) is 23.3 Å². The Morgan fingerprint density at radius 1 is 0.286 bits per heavy atom. The number of nitrogens with zero attached hydrogens (tertiary/aromatic N) is 4. The summed E-state index contributed by atoms with van der Waals surface area (Å²) in [4.78, 5) is 9.29. The molecule has 0 radical (unpaired) electrons. The number of hydrogen-bond donors (Lipinski definition) is 0. The molecular weight excluding hydrogens is 873 g/mol. The molecule has 342 valence electrons. The lowest BCUT2D eigenvalue weighted by Gasteiger charge is -2.14. The first kappa shape index (κ1) is 45.8. The Kier molecular flexibility index (Phi) is 15.0. The second-order valence-corrected chi connectivity index (χ2v) is 16.2. The molecule has 0 spiro atoms. The van der Waals surface area contributed by atoms with Gasteiger partial charge < -0.3 is 28.4 Å². The van der Waals surface area contributed by atoms with E-state index in [1.54, 1.807) is 0 Å². The summed E-state index contributed by atoms with van der Waals surface area (Å²) in [5.41, 5.74) is 8.06. The Morgan fingerprint density at radius 2 is 0.543 bits per heavy atom. The van der Waals surface area contributed by atoms with Crippen LogP contribution in [0.5, 0.6) is 34.5 Å². The first-order valence-electron chi connectivity index (χ1n) is 22.7. The van der Waals surface area contributed by atoms with Crippen molar-refractivity contribution in [1.29, 1.82) is 10.5 Å². The lowest BCUT2D eigenvalue weighted by atomic mass is 10.0. The van der Waals surface area contributed by atoms with E-state index in [-0.39, 0.29) is 24.6 Å². The number of ether oxygens (including phenoxy) is 6. The zero-order valence-electron chi connectivity index (χ0n) is 38.1. The monoisotopic (exact) mass is 918 g/mol. The SMILES string of the molecule is N#Cc1nc(-c2ccc(OCc3cc(OCc4ccccc4)cc(OCc4ccccc4)c3)cc2)c(-c2ccc(OCc3cc(OCc4ccccc4)cc(OCc4ccccc4)c3)cc2)nc1C#N. The molecule has 0 fully saturated rings. The first-order chi connectivity index (χ1) is 34.5. The molecule has 70 heavy (non-hydrogen) atoms. The maximum absolute atomic E-state index is 9.94. The summed E-state index contributed by atoms with van der Waals surface area (Å²) in [5, 5.41) is 19.9. The van der Waals surface area contributed by atoms with E-state index in [9.17, 15) is 10.5 Å². The Labute approximate surface area is 407 Å². The van der Waals surface area contributed by atoms with Crippen LogP contribution in [0, 0.1) is 22.7 Å². The van der Waals surface area contributed by atoms with E-state index in [2.05, 4.69) is 9.97 Å². The molecule has 10 nitrogen and oxygen atoms in total. The zero-order chi connectivity index (χ0) is 47.7. The largest absolute Gasteiger partial charge is 0.489 e. The molecular formula is C60H46N4O6. The molecule has 0 bridgehead atoms. The van der Waals surface area contributed by atoms with Gasteiger partial charge in [0.2, 0.25) is 0 Å². The van der Waals surface area contributed by atoms with Crippen molar-refractivity contribution in [1.82, 2.24) is 9.97 Å². The molecule has 1 aromatic heterocycles. The van der Waals surface area contributed by atoms with Crippen LogP contribution in [0.25, 0.3) is 22.5 Å². The van der Waals surface area contributed by atoms with Gasteiger partial charge >= 0.3 is 0 Å². The van der Waals surface area contributed by atoms with Gasteiger partial charge in [-0.25, -0.2) is 9.97 Å². The van der Waals surface area contributed by atoms with E-state index in [4.69, 9.17) is 28.4 Å². The number of hydrogen-bond acceptors (Lipinski definition) is 10. The average molecular weight is 919 g/mol. The molecule has 0 atom stereocenters. The van der Waals surface area contributed by atoms with Crippen LogP contribution in [0.15, 0.2) is 206 Å². The van der Waals surface area contributed by atoms with Crippen LogP contribution >= 0.6 is 0 Å². The standard InChI is InChI=1S/C60H46N4O6/c61-35-57-58(36-62)64-60(50-23-27-52(28-24-50)66-42-48-31-55(69-39-45-17-9-3-10-18-45)34-56(32-48)70-40-46-19-11-4-12-20-46)59(63-57)49-21-25-51(26-22-49)65-41-47-29-53(67-37-43-13-5-1-6-14-43)33-54(30-47)68-38-44-15-7-2-8-16-44/h1-34H,37-42H2. The van der Waals surface area contributed by atoms with Crippen molar-refractivity contribution in [3.8, 4) is 69.2 Å². The van der Waals surface area contributed by atoms with Gasteiger partial charge in [-0.05, 0) is 106 Å². The van der Waals surface area contributed by atoms with Crippen molar-refractivity contribution in [3.63, 3.8) is 0 Å². The third-order valence-electron chi connectivity index (χ3n) is 11.0. The minimum atomic E-state index is -0.0664. The summed E-state index contributed by atoms with van der Waals surface area (Å²) in [5.74, 6) is 3.88. The predicted molar refractivity (Wildman–Crippen MR) is 267 cm³/mol. The van der Waals surface area contributed by atoms with Crippen LogP contribution in [-0.2, 0) is 39.6 Å².